The maximum absolute atomic E-state index is 11.9. The Morgan fingerprint density at radius 2 is 1.95 bits per heavy atom. The molecule has 0 saturated carbocycles. The predicted octanol–water partition coefficient (Wildman–Crippen LogP) is 1.73. The van der Waals surface area contributed by atoms with Gasteiger partial charge in [-0.15, -0.1) is 0 Å². The molecule has 0 saturated heterocycles. The standard InChI is InChI=1S/C12H19N5O2/c1-10-9-11(18)16(2)12(19)17(10)8-6-4-3-5-7-14-15-13/h9H,3-8H2,1-2H3. The zero-order chi connectivity index (χ0) is 14.3. The number of aryl methyl sites for hydroxylation is 1. The van der Waals surface area contributed by atoms with Crippen LogP contribution in [0.2, 0.25) is 0 Å². The lowest BCUT2D eigenvalue weighted by Crippen LogP contribution is -2.38. The van der Waals surface area contributed by atoms with Crippen LogP contribution in [0.15, 0.2) is 20.8 Å². The number of hydrogen-bond donors (Lipinski definition) is 0. The van der Waals surface area contributed by atoms with Crippen molar-refractivity contribution in [1.29, 1.82) is 0 Å². The molecule has 1 aromatic heterocycles. The molecule has 19 heavy (non-hydrogen) atoms. The Balaban J connectivity index is 2.50. The van der Waals surface area contributed by atoms with Crippen LogP contribution in [0.5, 0.6) is 0 Å². The molecule has 7 heteroatoms. The van der Waals surface area contributed by atoms with E-state index in [4.69, 9.17) is 5.53 Å². The molecule has 0 radical (unpaired) electrons. The summed E-state index contributed by atoms with van der Waals surface area (Å²) in [7, 11) is 1.49. The van der Waals surface area contributed by atoms with Crippen molar-refractivity contribution in [2.24, 2.45) is 12.2 Å². The molecule has 0 N–H and O–H groups in total. The van der Waals surface area contributed by atoms with Crippen LogP contribution >= 0.6 is 0 Å². The molecular formula is C12H19N5O2. The van der Waals surface area contributed by atoms with E-state index >= 15 is 0 Å². The summed E-state index contributed by atoms with van der Waals surface area (Å²) >= 11 is 0. The third-order valence-electron chi connectivity index (χ3n) is 3.06. The quantitative estimate of drug-likeness (QED) is 0.325. The van der Waals surface area contributed by atoms with Crippen molar-refractivity contribution in [1.82, 2.24) is 9.13 Å². The van der Waals surface area contributed by atoms with E-state index in [2.05, 4.69) is 10.0 Å². The molecule has 104 valence electrons. The van der Waals surface area contributed by atoms with Crippen molar-refractivity contribution in [3.63, 3.8) is 0 Å². The molecular weight excluding hydrogens is 246 g/mol. The van der Waals surface area contributed by atoms with Gasteiger partial charge in [0.05, 0.1) is 0 Å². The lowest BCUT2D eigenvalue weighted by molar-refractivity contribution is 0.526. The fourth-order valence-electron chi connectivity index (χ4n) is 1.90. The Kier molecular flexibility index (Phi) is 5.89. The third-order valence-corrected chi connectivity index (χ3v) is 3.06. The van der Waals surface area contributed by atoms with Crippen LogP contribution in [0.4, 0.5) is 0 Å². The summed E-state index contributed by atoms with van der Waals surface area (Å²) in [6.07, 6.45) is 3.68. The predicted molar refractivity (Wildman–Crippen MR) is 73.2 cm³/mol. The molecule has 0 aliphatic carbocycles. The molecule has 0 aliphatic heterocycles. The third kappa shape index (κ3) is 4.30. The summed E-state index contributed by atoms with van der Waals surface area (Å²) in [5.74, 6) is 0. The number of nitrogens with zero attached hydrogens (tertiary/aromatic N) is 5. The summed E-state index contributed by atoms with van der Waals surface area (Å²) in [4.78, 5) is 26.0. The molecule has 1 heterocycles. The van der Waals surface area contributed by atoms with Gasteiger partial charge in [0.25, 0.3) is 5.56 Å². The molecule has 1 aromatic rings. The van der Waals surface area contributed by atoms with Crippen LogP contribution in [-0.2, 0) is 13.6 Å². The first-order valence-corrected chi connectivity index (χ1v) is 6.36. The van der Waals surface area contributed by atoms with E-state index < -0.39 is 0 Å². The van der Waals surface area contributed by atoms with Gasteiger partial charge in [-0.05, 0) is 25.3 Å². The Bertz CT molecular complexity index is 581. The first kappa shape index (κ1) is 15.0. The maximum atomic E-state index is 11.9. The largest absolute Gasteiger partial charge is 0.330 e. The van der Waals surface area contributed by atoms with Crippen LogP contribution in [0.1, 0.15) is 31.4 Å². The minimum absolute atomic E-state index is 0.265. The van der Waals surface area contributed by atoms with Gasteiger partial charge >= 0.3 is 5.69 Å². The first-order chi connectivity index (χ1) is 9.07. The van der Waals surface area contributed by atoms with Gasteiger partial charge < -0.3 is 0 Å². The van der Waals surface area contributed by atoms with Crippen LogP contribution in [0.3, 0.4) is 0 Å². The Labute approximate surface area is 111 Å². The average molecular weight is 265 g/mol. The smallest absolute Gasteiger partial charge is 0.298 e. The summed E-state index contributed by atoms with van der Waals surface area (Å²) in [5.41, 5.74) is 8.28. The molecule has 0 unspecified atom stereocenters. The van der Waals surface area contributed by atoms with Crippen LogP contribution in [0.25, 0.3) is 10.4 Å². The molecule has 0 atom stereocenters. The van der Waals surface area contributed by atoms with E-state index in [1.807, 2.05) is 0 Å². The molecule has 0 fully saturated rings. The zero-order valence-corrected chi connectivity index (χ0v) is 11.4. The minimum atomic E-state index is -0.270. The summed E-state index contributed by atoms with van der Waals surface area (Å²) in [6, 6.07) is 1.48. The van der Waals surface area contributed by atoms with Gasteiger partial charge in [-0.1, -0.05) is 18.0 Å². The highest BCUT2D eigenvalue weighted by molar-refractivity contribution is 4.99. The van der Waals surface area contributed by atoms with Crippen molar-refractivity contribution in [2.45, 2.75) is 39.2 Å². The number of hydrogen-bond acceptors (Lipinski definition) is 3. The van der Waals surface area contributed by atoms with Crippen LogP contribution in [0, 0.1) is 6.92 Å². The summed E-state index contributed by atoms with van der Waals surface area (Å²) in [6.45, 7) is 2.90. The zero-order valence-electron chi connectivity index (χ0n) is 11.4. The number of rotatable bonds is 7. The minimum Gasteiger partial charge on any atom is -0.298 e. The van der Waals surface area contributed by atoms with Crippen molar-refractivity contribution in [3.8, 4) is 0 Å². The lowest BCUT2D eigenvalue weighted by atomic mass is 10.2. The van der Waals surface area contributed by atoms with Crippen molar-refractivity contribution in [2.75, 3.05) is 6.54 Å². The molecule has 1 rings (SSSR count). The second-order valence-electron chi connectivity index (χ2n) is 4.49. The van der Waals surface area contributed by atoms with E-state index in [0.717, 1.165) is 30.3 Å². The molecule has 0 aliphatic rings. The normalized spacial score (nSPS) is 10.2. The van der Waals surface area contributed by atoms with Crippen molar-refractivity contribution >= 4 is 0 Å². The molecule has 7 nitrogen and oxygen atoms in total. The summed E-state index contributed by atoms with van der Waals surface area (Å²) < 4.78 is 2.74. The van der Waals surface area contributed by atoms with Crippen LogP contribution in [-0.4, -0.2) is 15.7 Å². The van der Waals surface area contributed by atoms with Crippen molar-refractivity contribution in [3.05, 3.63) is 43.0 Å². The number of unbranched alkanes of at least 4 members (excludes halogenated alkanes) is 3. The number of azide groups is 1. The van der Waals surface area contributed by atoms with E-state index in [1.54, 1.807) is 11.5 Å². The Morgan fingerprint density at radius 1 is 1.26 bits per heavy atom. The van der Waals surface area contributed by atoms with Gasteiger partial charge in [-0.3, -0.25) is 13.9 Å². The second kappa shape index (κ2) is 7.43. The topological polar surface area (TPSA) is 92.8 Å². The molecule has 0 spiro atoms. The molecule has 0 aromatic carbocycles. The van der Waals surface area contributed by atoms with Gasteiger partial charge in [-0.25, -0.2) is 4.79 Å². The first-order valence-electron chi connectivity index (χ1n) is 6.36. The van der Waals surface area contributed by atoms with Crippen molar-refractivity contribution < 1.29 is 0 Å². The molecule has 0 bridgehead atoms. The highest BCUT2D eigenvalue weighted by Crippen LogP contribution is 2.02. The van der Waals surface area contributed by atoms with Gasteiger partial charge in [0, 0.05) is 36.8 Å². The van der Waals surface area contributed by atoms with Gasteiger partial charge in [0.2, 0.25) is 0 Å². The lowest BCUT2D eigenvalue weighted by Gasteiger charge is -2.10. The maximum Gasteiger partial charge on any atom is 0.330 e. The highest BCUT2D eigenvalue weighted by Gasteiger charge is 2.05. The molecule has 0 amide bonds. The number of aromatic nitrogens is 2. The highest BCUT2D eigenvalue weighted by atomic mass is 16.2. The monoisotopic (exact) mass is 265 g/mol. The SMILES string of the molecule is Cc1cc(=O)n(C)c(=O)n1CCCCCCN=[N+]=[N-]. The Morgan fingerprint density at radius 3 is 2.63 bits per heavy atom. The second-order valence-corrected chi connectivity index (χ2v) is 4.49. The van der Waals surface area contributed by atoms with E-state index in [0.29, 0.717) is 18.8 Å². The fraction of sp³-hybridized carbons (Fsp3) is 0.667. The van der Waals surface area contributed by atoms with E-state index in [1.165, 1.54) is 13.1 Å². The van der Waals surface area contributed by atoms with Gasteiger partial charge in [-0.2, -0.15) is 0 Å². The fourth-order valence-corrected chi connectivity index (χ4v) is 1.90. The van der Waals surface area contributed by atoms with Gasteiger partial charge in [0.1, 0.15) is 0 Å². The van der Waals surface area contributed by atoms with Crippen LogP contribution < -0.4 is 11.2 Å². The summed E-state index contributed by atoms with van der Waals surface area (Å²) in [5, 5.41) is 3.46. The van der Waals surface area contributed by atoms with E-state index in [-0.39, 0.29) is 11.2 Å². The average Bonchev–Trinajstić information content (AvgIpc) is 2.38. The van der Waals surface area contributed by atoms with E-state index in [9.17, 15) is 9.59 Å². The van der Waals surface area contributed by atoms with Gasteiger partial charge in [0.15, 0.2) is 0 Å². The Hall–Kier alpha value is -2.01.